The van der Waals surface area contributed by atoms with Gasteiger partial charge in [-0.05, 0) is 12.1 Å². The minimum Gasteiger partial charge on any atom is -0.394 e. The van der Waals surface area contributed by atoms with Crippen LogP contribution >= 0.6 is 0 Å². The fraction of sp³-hybridized carbons (Fsp3) is 0.455. The number of hydrogen-bond donors (Lipinski definition) is 2. The van der Waals surface area contributed by atoms with Gasteiger partial charge in [-0.3, -0.25) is 0 Å². The molecule has 90 valence electrons. The van der Waals surface area contributed by atoms with Crippen LogP contribution in [0.1, 0.15) is 12.6 Å². The van der Waals surface area contributed by atoms with Crippen molar-refractivity contribution in [2.75, 3.05) is 6.61 Å². The lowest BCUT2D eigenvalue weighted by Gasteiger charge is -2.13. The molecule has 17 heavy (non-hydrogen) atoms. The summed E-state index contributed by atoms with van der Waals surface area (Å²) in [4.78, 5) is 8.30. The molecule has 1 saturated heterocycles. The van der Waals surface area contributed by atoms with Crippen LogP contribution in [0.4, 0.5) is 0 Å². The zero-order valence-electron chi connectivity index (χ0n) is 9.10. The maximum atomic E-state index is 9.70. The van der Waals surface area contributed by atoms with E-state index in [1.54, 1.807) is 12.5 Å². The third-order valence-electron chi connectivity index (χ3n) is 3.04. The van der Waals surface area contributed by atoms with Gasteiger partial charge in [-0.2, -0.15) is 0 Å². The van der Waals surface area contributed by atoms with E-state index in [1.165, 1.54) is 0 Å². The first-order chi connectivity index (χ1) is 8.29. The van der Waals surface area contributed by atoms with Crippen molar-refractivity contribution < 1.29 is 14.9 Å². The topological polar surface area (TPSA) is 80.4 Å². The van der Waals surface area contributed by atoms with Gasteiger partial charge in [0.25, 0.3) is 0 Å². The number of rotatable bonds is 2. The number of fused-ring (bicyclic) bond motifs is 1. The summed E-state index contributed by atoms with van der Waals surface area (Å²) in [7, 11) is 0. The van der Waals surface area contributed by atoms with Crippen molar-refractivity contribution in [1.29, 1.82) is 0 Å². The molecule has 0 unspecified atom stereocenters. The normalized spacial score (nSPS) is 28.9. The Labute approximate surface area is 97.5 Å². The summed E-state index contributed by atoms with van der Waals surface area (Å²) >= 11 is 0. The van der Waals surface area contributed by atoms with Gasteiger partial charge >= 0.3 is 0 Å². The highest BCUT2D eigenvalue weighted by molar-refractivity contribution is 5.70. The number of pyridine rings is 1. The van der Waals surface area contributed by atoms with E-state index in [0.717, 1.165) is 5.52 Å². The van der Waals surface area contributed by atoms with Crippen LogP contribution in [0.2, 0.25) is 0 Å². The van der Waals surface area contributed by atoms with E-state index in [-0.39, 0.29) is 12.8 Å². The van der Waals surface area contributed by atoms with E-state index in [2.05, 4.69) is 9.97 Å². The number of ether oxygens (including phenoxy) is 1. The molecule has 3 atom stereocenters. The summed E-state index contributed by atoms with van der Waals surface area (Å²) in [5.41, 5.74) is 1.52. The quantitative estimate of drug-likeness (QED) is 0.770. The van der Waals surface area contributed by atoms with E-state index in [9.17, 15) is 5.11 Å². The molecule has 0 radical (unpaired) electrons. The standard InChI is InChI=1S/C11H13N3O3/c15-5-9-8(16)4-10(17-9)14-6-13-11-7(14)2-1-3-12-11/h1-3,6,8-10,15-16H,4-5H2/t8-,9+,10+/m0/s1. The van der Waals surface area contributed by atoms with Crippen LogP contribution in [-0.2, 0) is 4.74 Å². The fourth-order valence-corrected chi connectivity index (χ4v) is 2.15. The molecule has 2 aromatic rings. The number of aromatic nitrogens is 3. The average molecular weight is 235 g/mol. The van der Waals surface area contributed by atoms with Gasteiger partial charge in [0, 0.05) is 12.6 Å². The second kappa shape index (κ2) is 4.06. The summed E-state index contributed by atoms with van der Waals surface area (Å²) in [6, 6.07) is 3.73. The molecule has 3 rings (SSSR count). The Kier molecular flexibility index (Phi) is 2.54. The molecule has 0 bridgehead atoms. The van der Waals surface area contributed by atoms with Crippen LogP contribution in [0.5, 0.6) is 0 Å². The minimum atomic E-state index is -0.640. The molecule has 0 aromatic carbocycles. The minimum absolute atomic E-state index is 0.178. The second-order valence-corrected chi connectivity index (χ2v) is 4.11. The number of imidazole rings is 1. The Morgan fingerprint density at radius 2 is 2.35 bits per heavy atom. The number of nitrogens with zero attached hydrogens (tertiary/aromatic N) is 3. The molecule has 2 N–H and O–H groups in total. The third kappa shape index (κ3) is 1.70. The Morgan fingerprint density at radius 3 is 3.12 bits per heavy atom. The summed E-state index contributed by atoms with van der Waals surface area (Å²) in [5, 5.41) is 18.7. The molecule has 2 aromatic heterocycles. The molecule has 1 fully saturated rings. The predicted octanol–water partition coefficient (Wildman–Crippen LogP) is 0.0720. The van der Waals surface area contributed by atoms with Crippen molar-refractivity contribution in [3.05, 3.63) is 24.7 Å². The molecule has 1 aliphatic heterocycles. The van der Waals surface area contributed by atoms with E-state index in [4.69, 9.17) is 9.84 Å². The van der Waals surface area contributed by atoms with Crippen LogP contribution < -0.4 is 0 Å². The van der Waals surface area contributed by atoms with Crippen LogP contribution in [0, 0.1) is 0 Å². The Hall–Kier alpha value is -1.50. The summed E-state index contributed by atoms with van der Waals surface area (Å²) < 4.78 is 7.41. The van der Waals surface area contributed by atoms with E-state index in [1.807, 2.05) is 16.7 Å². The molecule has 1 aliphatic rings. The highest BCUT2D eigenvalue weighted by atomic mass is 16.5. The summed E-state index contributed by atoms with van der Waals surface area (Å²) in [6.45, 7) is -0.178. The molecular formula is C11H13N3O3. The molecule has 0 saturated carbocycles. The van der Waals surface area contributed by atoms with Crippen molar-refractivity contribution in [3.8, 4) is 0 Å². The van der Waals surface area contributed by atoms with Gasteiger partial charge in [0.15, 0.2) is 5.65 Å². The van der Waals surface area contributed by atoms with Gasteiger partial charge in [-0.25, -0.2) is 9.97 Å². The van der Waals surface area contributed by atoms with E-state index < -0.39 is 12.2 Å². The van der Waals surface area contributed by atoms with Crippen molar-refractivity contribution in [2.45, 2.75) is 24.9 Å². The largest absolute Gasteiger partial charge is 0.394 e. The molecule has 0 spiro atoms. The molecular weight excluding hydrogens is 222 g/mol. The SMILES string of the molecule is OC[C@H]1O[C@@H](n2cnc3ncccc32)C[C@@H]1O. The van der Waals surface area contributed by atoms with E-state index in [0.29, 0.717) is 12.1 Å². The first kappa shape index (κ1) is 10.6. The van der Waals surface area contributed by atoms with Crippen LogP contribution in [0.3, 0.4) is 0 Å². The smallest absolute Gasteiger partial charge is 0.177 e. The maximum absolute atomic E-state index is 9.70. The van der Waals surface area contributed by atoms with Crippen molar-refractivity contribution in [1.82, 2.24) is 14.5 Å². The first-order valence-electron chi connectivity index (χ1n) is 5.51. The molecule has 0 amide bonds. The third-order valence-corrected chi connectivity index (χ3v) is 3.04. The highest BCUT2D eigenvalue weighted by Gasteiger charge is 2.34. The highest BCUT2D eigenvalue weighted by Crippen LogP contribution is 2.30. The number of hydrogen-bond acceptors (Lipinski definition) is 5. The van der Waals surface area contributed by atoms with Crippen LogP contribution in [0.25, 0.3) is 11.2 Å². The van der Waals surface area contributed by atoms with Crippen molar-refractivity contribution >= 4 is 11.2 Å². The van der Waals surface area contributed by atoms with Gasteiger partial charge in [-0.1, -0.05) is 0 Å². The Morgan fingerprint density at radius 1 is 1.47 bits per heavy atom. The average Bonchev–Trinajstić information content (AvgIpc) is 2.92. The second-order valence-electron chi connectivity index (χ2n) is 4.11. The van der Waals surface area contributed by atoms with Crippen LogP contribution in [-0.4, -0.2) is 43.6 Å². The zero-order valence-corrected chi connectivity index (χ0v) is 9.10. The van der Waals surface area contributed by atoms with Gasteiger partial charge in [0.2, 0.25) is 0 Å². The van der Waals surface area contributed by atoms with Crippen LogP contribution in [0.15, 0.2) is 24.7 Å². The summed E-state index contributed by atoms with van der Waals surface area (Å²) in [6.07, 6.45) is 2.32. The lowest BCUT2D eigenvalue weighted by atomic mass is 10.2. The van der Waals surface area contributed by atoms with E-state index >= 15 is 0 Å². The Balaban J connectivity index is 1.95. The summed E-state index contributed by atoms with van der Waals surface area (Å²) in [5.74, 6) is 0. The molecule has 6 nitrogen and oxygen atoms in total. The van der Waals surface area contributed by atoms with Gasteiger partial charge in [-0.15, -0.1) is 0 Å². The first-order valence-corrected chi connectivity index (χ1v) is 5.51. The number of aliphatic hydroxyl groups is 2. The van der Waals surface area contributed by atoms with Crippen molar-refractivity contribution in [2.24, 2.45) is 0 Å². The zero-order chi connectivity index (χ0) is 11.8. The monoisotopic (exact) mass is 235 g/mol. The predicted molar refractivity (Wildman–Crippen MR) is 59.1 cm³/mol. The van der Waals surface area contributed by atoms with Gasteiger partial charge in [0.05, 0.1) is 24.6 Å². The maximum Gasteiger partial charge on any atom is 0.177 e. The van der Waals surface area contributed by atoms with Gasteiger partial charge < -0.3 is 19.5 Å². The Bertz CT molecular complexity index is 527. The molecule has 6 heteroatoms. The number of aliphatic hydroxyl groups excluding tert-OH is 2. The molecule has 0 aliphatic carbocycles. The van der Waals surface area contributed by atoms with Gasteiger partial charge in [0.1, 0.15) is 12.3 Å². The fourth-order valence-electron chi connectivity index (χ4n) is 2.15. The molecule has 3 heterocycles. The lowest BCUT2D eigenvalue weighted by Crippen LogP contribution is -2.24. The lowest BCUT2D eigenvalue weighted by molar-refractivity contribution is -0.0430. The van der Waals surface area contributed by atoms with Crippen molar-refractivity contribution in [3.63, 3.8) is 0 Å².